The lowest BCUT2D eigenvalue weighted by atomic mass is 10.2. The summed E-state index contributed by atoms with van der Waals surface area (Å²) in [5.74, 6) is 0.939. The molecule has 0 saturated heterocycles. The molecule has 2 aromatic carbocycles. The van der Waals surface area contributed by atoms with Crippen molar-refractivity contribution in [3.8, 4) is 11.5 Å². The molecule has 0 aliphatic rings. The molecule has 1 heterocycles. The Morgan fingerprint density at radius 2 is 1.82 bits per heavy atom. The van der Waals surface area contributed by atoms with E-state index < -0.39 is 0 Å². The van der Waals surface area contributed by atoms with Gasteiger partial charge in [0.1, 0.15) is 28.5 Å². The van der Waals surface area contributed by atoms with Crippen molar-refractivity contribution in [3.63, 3.8) is 0 Å². The van der Waals surface area contributed by atoms with Gasteiger partial charge < -0.3 is 14.8 Å². The number of aliphatic imine (C=N–C) groups is 1. The highest BCUT2D eigenvalue weighted by atomic mass is 35.5. The van der Waals surface area contributed by atoms with Crippen LogP contribution >= 0.6 is 23.1 Å². The maximum absolute atomic E-state index is 13.2. The number of methoxy groups -OCH3 is 2. The van der Waals surface area contributed by atoms with Gasteiger partial charge in [-0.05, 0) is 43.3 Å². The Labute approximate surface area is 170 Å². The lowest BCUT2D eigenvalue weighted by Crippen LogP contribution is -2.28. The Morgan fingerprint density at radius 3 is 2.39 bits per heavy atom. The minimum absolute atomic E-state index is 0.259. The quantitative estimate of drug-likeness (QED) is 0.470. The number of benzene rings is 2. The Morgan fingerprint density at radius 1 is 1.14 bits per heavy atom. The van der Waals surface area contributed by atoms with Crippen LogP contribution in [-0.4, -0.2) is 24.1 Å². The first-order valence-electron chi connectivity index (χ1n) is 8.19. The average Bonchev–Trinajstić information content (AvgIpc) is 3.01. The molecule has 3 aromatic rings. The van der Waals surface area contributed by atoms with Crippen LogP contribution in [0.15, 0.2) is 47.5 Å². The number of aromatic nitrogens is 1. The summed E-state index contributed by atoms with van der Waals surface area (Å²) in [6, 6.07) is 10.9. The molecular weight excluding hydrogens is 403 g/mol. The second-order valence-electron chi connectivity index (χ2n) is 5.75. The molecule has 0 spiro atoms. The van der Waals surface area contributed by atoms with Crippen LogP contribution in [0.3, 0.4) is 0 Å². The zero-order valence-electron chi connectivity index (χ0n) is 15.4. The van der Waals surface area contributed by atoms with Crippen LogP contribution in [0.2, 0.25) is 5.02 Å². The number of anilines is 1. The van der Waals surface area contributed by atoms with Crippen LogP contribution in [0.5, 0.6) is 11.5 Å². The van der Waals surface area contributed by atoms with E-state index in [4.69, 9.17) is 26.5 Å². The summed E-state index contributed by atoms with van der Waals surface area (Å²) >= 11 is 7.60. The molecule has 0 bridgehead atoms. The molecule has 28 heavy (non-hydrogen) atoms. The van der Waals surface area contributed by atoms with Gasteiger partial charge in [0.15, 0.2) is 0 Å². The number of halogens is 2. The van der Waals surface area contributed by atoms with Crippen molar-refractivity contribution < 1.29 is 13.9 Å². The second kappa shape index (κ2) is 8.45. The number of nitrogens with one attached hydrogen (secondary N) is 2. The standard InChI is InChI=1S/C19H18ClFN4O2S/c1-11-8-18(22)25(28-11)19(23-13-6-4-12(21)5-7-13)24-15-9-14(20)16(26-2)10-17(15)27-3/h4-10,22H,1-3H3,(H,23,24). The highest BCUT2D eigenvalue weighted by Crippen LogP contribution is 2.37. The average molecular weight is 421 g/mol. The predicted molar refractivity (Wildman–Crippen MR) is 110 cm³/mol. The number of rotatable bonds is 4. The number of nitrogens with zero attached hydrogens (tertiary/aromatic N) is 2. The molecule has 0 aliphatic carbocycles. The fourth-order valence-electron chi connectivity index (χ4n) is 2.46. The van der Waals surface area contributed by atoms with Crippen LogP contribution < -0.4 is 20.3 Å². The van der Waals surface area contributed by atoms with Crippen LogP contribution in [0.1, 0.15) is 4.88 Å². The summed E-state index contributed by atoms with van der Waals surface area (Å²) in [6.45, 7) is 1.90. The molecule has 0 saturated carbocycles. The van der Waals surface area contributed by atoms with Crippen molar-refractivity contribution in [2.24, 2.45) is 4.99 Å². The highest BCUT2D eigenvalue weighted by Gasteiger charge is 2.13. The first-order valence-corrected chi connectivity index (χ1v) is 9.34. The van der Waals surface area contributed by atoms with Crippen molar-refractivity contribution in [1.29, 1.82) is 5.41 Å². The minimum atomic E-state index is -0.339. The van der Waals surface area contributed by atoms with Gasteiger partial charge in [-0.15, -0.1) is 0 Å². The van der Waals surface area contributed by atoms with E-state index in [1.165, 1.54) is 37.9 Å². The van der Waals surface area contributed by atoms with Gasteiger partial charge in [0.2, 0.25) is 5.96 Å². The van der Waals surface area contributed by atoms with E-state index in [2.05, 4.69) is 10.3 Å². The fourth-order valence-corrected chi connectivity index (χ4v) is 3.47. The van der Waals surface area contributed by atoms with Crippen molar-refractivity contribution in [2.45, 2.75) is 6.92 Å². The summed E-state index contributed by atoms with van der Waals surface area (Å²) in [5, 5.41) is 11.7. The maximum Gasteiger partial charge on any atom is 0.223 e. The van der Waals surface area contributed by atoms with Gasteiger partial charge in [-0.2, -0.15) is 0 Å². The van der Waals surface area contributed by atoms with E-state index in [0.29, 0.717) is 33.9 Å². The molecule has 0 radical (unpaired) electrons. The molecule has 1 aromatic heterocycles. The van der Waals surface area contributed by atoms with E-state index in [1.54, 1.807) is 34.3 Å². The molecule has 6 nitrogen and oxygen atoms in total. The van der Waals surface area contributed by atoms with Gasteiger partial charge in [-0.25, -0.2) is 13.3 Å². The molecule has 0 aliphatic heterocycles. The molecular formula is C19H18ClFN4O2S. The lowest BCUT2D eigenvalue weighted by Gasteiger charge is -2.13. The Hall–Kier alpha value is -2.84. The number of aryl methyl sites for hydroxylation is 1. The van der Waals surface area contributed by atoms with Crippen molar-refractivity contribution in [3.05, 3.63) is 63.7 Å². The largest absolute Gasteiger partial charge is 0.495 e. The molecule has 2 N–H and O–H groups in total. The molecule has 0 fully saturated rings. The third-order valence-corrected chi connectivity index (χ3v) is 5.02. The van der Waals surface area contributed by atoms with Crippen molar-refractivity contribution in [2.75, 3.05) is 19.5 Å². The predicted octanol–water partition coefficient (Wildman–Crippen LogP) is 4.80. The van der Waals surface area contributed by atoms with Gasteiger partial charge in [-0.1, -0.05) is 23.1 Å². The highest BCUT2D eigenvalue weighted by molar-refractivity contribution is 7.07. The van der Waals surface area contributed by atoms with Crippen LogP contribution in [0.25, 0.3) is 0 Å². The number of hydrogen-bond acceptors (Lipinski definition) is 5. The Balaban J connectivity index is 2.13. The Bertz CT molecular complexity index is 1080. The molecule has 0 amide bonds. The minimum Gasteiger partial charge on any atom is -0.495 e. The first kappa shape index (κ1) is 19.9. The van der Waals surface area contributed by atoms with Gasteiger partial charge in [0.25, 0.3) is 0 Å². The third kappa shape index (κ3) is 4.35. The van der Waals surface area contributed by atoms with E-state index in [0.717, 1.165) is 4.88 Å². The molecule has 9 heteroatoms. The van der Waals surface area contributed by atoms with Gasteiger partial charge >= 0.3 is 0 Å². The summed E-state index contributed by atoms with van der Waals surface area (Å²) in [4.78, 5) is 5.57. The molecule has 0 unspecified atom stereocenters. The summed E-state index contributed by atoms with van der Waals surface area (Å²) < 4.78 is 25.5. The lowest BCUT2D eigenvalue weighted by molar-refractivity contribution is 0.395. The summed E-state index contributed by atoms with van der Waals surface area (Å²) in [5.41, 5.74) is 1.34. The smallest absolute Gasteiger partial charge is 0.223 e. The fraction of sp³-hybridized carbons (Fsp3) is 0.158. The summed E-state index contributed by atoms with van der Waals surface area (Å²) in [6.07, 6.45) is 0. The topological polar surface area (TPSA) is 71.6 Å². The van der Waals surface area contributed by atoms with Crippen LogP contribution in [0.4, 0.5) is 15.8 Å². The van der Waals surface area contributed by atoms with Crippen LogP contribution in [-0.2, 0) is 0 Å². The SMILES string of the molecule is COc1cc(OC)c(N=C(Nc2ccc(F)cc2)n2sc(C)cc2=N)cc1Cl. The monoisotopic (exact) mass is 420 g/mol. The van der Waals surface area contributed by atoms with E-state index in [1.807, 2.05) is 6.92 Å². The third-order valence-electron chi connectivity index (χ3n) is 3.77. The number of hydrogen-bond donors (Lipinski definition) is 2. The van der Waals surface area contributed by atoms with Gasteiger partial charge in [0, 0.05) is 16.6 Å². The van der Waals surface area contributed by atoms with E-state index in [9.17, 15) is 4.39 Å². The van der Waals surface area contributed by atoms with E-state index >= 15 is 0 Å². The molecule has 3 rings (SSSR count). The van der Waals surface area contributed by atoms with Crippen LogP contribution in [0, 0.1) is 18.2 Å². The maximum atomic E-state index is 13.2. The Kier molecular flexibility index (Phi) is 6.01. The normalized spacial score (nSPS) is 11.4. The summed E-state index contributed by atoms with van der Waals surface area (Å²) in [7, 11) is 3.04. The van der Waals surface area contributed by atoms with Crippen molar-refractivity contribution in [1.82, 2.24) is 3.96 Å². The molecule has 146 valence electrons. The second-order valence-corrected chi connectivity index (χ2v) is 7.35. The zero-order chi connectivity index (χ0) is 20.3. The first-order chi connectivity index (χ1) is 13.4. The van der Waals surface area contributed by atoms with Crippen molar-refractivity contribution >= 4 is 40.5 Å². The van der Waals surface area contributed by atoms with Gasteiger partial charge in [0.05, 0.1) is 19.2 Å². The van der Waals surface area contributed by atoms with Gasteiger partial charge in [-0.3, -0.25) is 5.41 Å². The molecule has 0 atom stereocenters. The number of ether oxygens (including phenoxy) is 2. The van der Waals surface area contributed by atoms with E-state index in [-0.39, 0.29) is 11.3 Å². The zero-order valence-corrected chi connectivity index (χ0v) is 17.0.